The zero-order valence-corrected chi connectivity index (χ0v) is 13.7. The maximum Gasteiger partial charge on any atom is 0.325 e. The molecular weight excluding hydrogens is 328 g/mol. The Morgan fingerprint density at radius 3 is 2.72 bits per heavy atom. The maximum absolute atomic E-state index is 12.3. The van der Waals surface area contributed by atoms with Gasteiger partial charge in [-0.1, -0.05) is 18.2 Å². The molecule has 0 bridgehead atoms. The summed E-state index contributed by atoms with van der Waals surface area (Å²) < 4.78 is 4.46. The minimum absolute atomic E-state index is 0.0224. The number of benzene rings is 1. The van der Waals surface area contributed by atoms with Crippen LogP contribution < -0.4 is 16.4 Å². The molecule has 0 aliphatic carbocycles. The van der Waals surface area contributed by atoms with Gasteiger partial charge in [0, 0.05) is 22.9 Å². The zero-order valence-electron chi connectivity index (χ0n) is 13.7. The Balaban J connectivity index is 2.22. The molecule has 0 spiro atoms. The maximum atomic E-state index is 12.3. The largest absolute Gasteiger partial charge is 0.494 e. The molecule has 2 amide bonds. The van der Waals surface area contributed by atoms with Crippen LogP contribution in [0.25, 0.3) is 10.9 Å². The average molecular weight is 348 g/mol. The number of nitrogens with one attached hydrogen (secondary N) is 3. The summed E-state index contributed by atoms with van der Waals surface area (Å²) in [6.07, 6.45) is 0.0224. The molecule has 0 unspecified atom stereocenters. The summed E-state index contributed by atoms with van der Waals surface area (Å²) in [6.45, 7) is -0.620. The van der Waals surface area contributed by atoms with Crippen molar-refractivity contribution in [2.24, 2.45) is 5.73 Å². The number of hydrogen-bond acceptors (Lipinski definition) is 6. The SMILES string of the molecule is COC(=O)CNC(=O)[C@H](Cc1c(O)[nH]c2ccccc12)NC(=O)CN. The van der Waals surface area contributed by atoms with Gasteiger partial charge in [0.2, 0.25) is 11.8 Å². The molecule has 2 rings (SSSR count). The van der Waals surface area contributed by atoms with Gasteiger partial charge in [0.1, 0.15) is 12.6 Å². The predicted molar refractivity (Wildman–Crippen MR) is 89.7 cm³/mol. The van der Waals surface area contributed by atoms with Crippen molar-refractivity contribution in [3.63, 3.8) is 0 Å². The molecule has 0 aliphatic rings. The monoisotopic (exact) mass is 348 g/mol. The van der Waals surface area contributed by atoms with Crippen molar-refractivity contribution in [1.82, 2.24) is 15.6 Å². The molecule has 1 atom stereocenters. The Kier molecular flexibility index (Phi) is 5.96. The van der Waals surface area contributed by atoms with Crippen LogP contribution in [0.3, 0.4) is 0 Å². The number of H-pyrrole nitrogens is 1. The van der Waals surface area contributed by atoms with E-state index in [0.29, 0.717) is 11.1 Å². The standard InChI is InChI=1S/C16H20N4O5/c1-25-14(22)8-18-16(24)12(19-13(21)7-17)6-10-9-4-2-3-5-11(9)20-15(10)23/h2-5,12,20,23H,6-8,17H2,1H3,(H,18,24)(H,19,21)/t12-/m0/s1. The first kappa shape index (κ1) is 18.3. The summed E-state index contributed by atoms with van der Waals surface area (Å²) in [7, 11) is 1.20. The number of hydrogen-bond donors (Lipinski definition) is 5. The van der Waals surface area contributed by atoms with E-state index in [2.05, 4.69) is 20.4 Å². The minimum atomic E-state index is -1.01. The lowest BCUT2D eigenvalue weighted by molar-refractivity contribution is -0.141. The second kappa shape index (κ2) is 8.15. The molecule has 134 valence electrons. The highest BCUT2D eigenvalue weighted by Gasteiger charge is 2.24. The highest BCUT2D eigenvalue weighted by atomic mass is 16.5. The number of carbonyl (C=O) groups excluding carboxylic acids is 3. The van der Waals surface area contributed by atoms with E-state index < -0.39 is 23.8 Å². The summed E-state index contributed by atoms with van der Waals surface area (Å²) in [4.78, 5) is 37.9. The molecule has 25 heavy (non-hydrogen) atoms. The second-order valence-electron chi connectivity index (χ2n) is 5.32. The van der Waals surface area contributed by atoms with Crippen LogP contribution in [0.4, 0.5) is 0 Å². The lowest BCUT2D eigenvalue weighted by atomic mass is 10.0. The first-order chi connectivity index (χ1) is 12.0. The fourth-order valence-electron chi connectivity index (χ4n) is 2.41. The van der Waals surface area contributed by atoms with Crippen molar-refractivity contribution in [1.29, 1.82) is 0 Å². The molecule has 0 fully saturated rings. The molecule has 6 N–H and O–H groups in total. The molecule has 9 nitrogen and oxygen atoms in total. The number of aromatic hydroxyl groups is 1. The Labute approximate surface area is 143 Å². The molecule has 0 aliphatic heterocycles. The van der Waals surface area contributed by atoms with E-state index in [1.165, 1.54) is 7.11 Å². The van der Waals surface area contributed by atoms with E-state index in [1.807, 2.05) is 0 Å². The van der Waals surface area contributed by atoms with E-state index >= 15 is 0 Å². The molecule has 1 heterocycles. The van der Waals surface area contributed by atoms with Gasteiger partial charge in [0.05, 0.1) is 13.7 Å². The van der Waals surface area contributed by atoms with Gasteiger partial charge >= 0.3 is 5.97 Å². The molecule has 1 aromatic heterocycles. The van der Waals surface area contributed by atoms with E-state index in [-0.39, 0.29) is 25.4 Å². The normalized spacial score (nSPS) is 11.8. The molecule has 1 aromatic carbocycles. The summed E-state index contributed by atoms with van der Waals surface area (Å²) >= 11 is 0. The van der Waals surface area contributed by atoms with Gasteiger partial charge in [-0.3, -0.25) is 14.4 Å². The third-order valence-electron chi connectivity index (χ3n) is 3.67. The van der Waals surface area contributed by atoms with Gasteiger partial charge in [-0.05, 0) is 6.07 Å². The van der Waals surface area contributed by atoms with Crippen molar-refractivity contribution in [2.45, 2.75) is 12.5 Å². The summed E-state index contributed by atoms with van der Waals surface area (Å²) in [5, 5.41) is 15.7. The van der Waals surface area contributed by atoms with E-state index in [1.54, 1.807) is 24.3 Å². The lowest BCUT2D eigenvalue weighted by Crippen LogP contribution is -2.50. The van der Waals surface area contributed by atoms with E-state index in [9.17, 15) is 19.5 Å². The topological polar surface area (TPSA) is 147 Å². The van der Waals surface area contributed by atoms with Crippen molar-refractivity contribution < 1.29 is 24.2 Å². The molecule has 2 aromatic rings. The van der Waals surface area contributed by atoms with Gasteiger partial charge in [-0.25, -0.2) is 0 Å². The number of aromatic nitrogens is 1. The third-order valence-corrected chi connectivity index (χ3v) is 3.67. The highest BCUT2D eigenvalue weighted by molar-refractivity contribution is 5.92. The van der Waals surface area contributed by atoms with Crippen molar-refractivity contribution in [2.75, 3.05) is 20.2 Å². The first-order valence-electron chi connectivity index (χ1n) is 7.58. The summed E-state index contributed by atoms with van der Waals surface area (Å²) in [6, 6.07) is 6.16. The number of nitrogens with two attached hydrogens (primary N) is 1. The first-order valence-corrected chi connectivity index (χ1v) is 7.58. The lowest BCUT2D eigenvalue weighted by Gasteiger charge is -2.18. The van der Waals surface area contributed by atoms with E-state index in [4.69, 9.17) is 5.73 Å². The van der Waals surface area contributed by atoms with Crippen molar-refractivity contribution in [3.8, 4) is 5.88 Å². The van der Waals surface area contributed by atoms with Crippen molar-refractivity contribution in [3.05, 3.63) is 29.8 Å². The zero-order chi connectivity index (χ0) is 18.4. The Hall–Kier alpha value is -3.07. The fraction of sp³-hybridized carbons (Fsp3) is 0.312. The Morgan fingerprint density at radius 1 is 1.32 bits per heavy atom. The predicted octanol–water partition coefficient (Wildman–Crippen LogP) is -0.851. The van der Waals surface area contributed by atoms with E-state index in [0.717, 1.165) is 5.39 Å². The van der Waals surface area contributed by atoms with Crippen LogP contribution >= 0.6 is 0 Å². The smallest absolute Gasteiger partial charge is 0.325 e. The number of aromatic amines is 1. The van der Waals surface area contributed by atoms with Gasteiger partial charge in [-0.15, -0.1) is 0 Å². The van der Waals surface area contributed by atoms with Crippen LogP contribution in [-0.2, 0) is 25.5 Å². The summed E-state index contributed by atoms with van der Waals surface area (Å²) in [5.74, 6) is -1.82. The van der Waals surface area contributed by atoms with Crippen LogP contribution in [0.15, 0.2) is 24.3 Å². The Morgan fingerprint density at radius 2 is 2.04 bits per heavy atom. The molecule has 0 saturated carbocycles. The number of methoxy groups -OCH3 is 1. The van der Waals surface area contributed by atoms with Gasteiger partial charge in [0.15, 0.2) is 5.88 Å². The van der Waals surface area contributed by atoms with Gasteiger partial charge < -0.3 is 31.2 Å². The molecular formula is C16H20N4O5. The number of rotatable bonds is 7. The Bertz CT molecular complexity index is 786. The molecule has 0 saturated heterocycles. The van der Waals surface area contributed by atoms with Gasteiger partial charge in [-0.2, -0.15) is 0 Å². The third kappa shape index (κ3) is 4.48. The quantitative estimate of drug-likeness (QED) is 0.412. The summed E-state index contributed by atoms with van der Waals surface area (Å²) in [5.41, 5.74) is 6.47. The van der Waals surface area contributed by atoms with Crippen LogP contribution in [0.1, 0.15) is 5.56 Å². The van der Waals surface area contributed by atoms with Gasteiger partial charge in [0.25, 0.3) is 0 Å². The number of ether oxygens (including phenoxy) is 1. The number of carbonyl (C=O) groups is 3. The van der Waals surface area contributed by atoms with Crippen LogP contribution in [0, 0.1) is 0 Å². The number of para-hydroxylation sites is 1. The van der Waals surface area contributed by atoms with Crippen LogP contribution in [0.5, 0.6) is 5.88 Å². The minimum Gasteiger partial charge on any atom is -0.494 e. The second-order valence-corrected chi connectivity index (χ2v) is 5.32. The van der Waals surface area contributed by atoms with Crippen LogP contribution in [-0.4, -0.2) is 54.1 Å². The number of esters is 1. The van der Waals surface area contributed by atoms with Crippen molar-refractivity contribution >= 4 is 28.7 Å². The number of amides is 2. The molecule has 0 radical (unpaired) electrons. The average Bonchev–Trinajstić information content (AvgIpc) is 2.93. The number of fused-ring (bicyclic) bond motifs is 1. The van der Waals surface area contributed by atoms with Crippen LogP contribution in [0.2, 0.25) is 0 Å². The molecule has 9 heteroatoms. The fourth-order valence-corrected chi connectivity index (χ4v) is 2.41. The highest BCUT2D eigenvalue weighted by Crippen LogP contribution is 2.28.